The molecule has 1 aromatic heterocycles. The highest BCUT2D eigenvalue weighted by Gasteiger charge is 2.32. The standard InChI is InChI=1S/C20H21FN4O2/c1-3-20(2,19(22)27)23-18(26)17-15-6-4-5-7-16(15)25(24-17)12-13-8-10-14(21)11-9-13/h4-11H,3,12H2,1-2H3,(H2,22,27)(H,23,26)/t20-/m1/s1. The van der Waals surface area contributed by atoms with E-state index in [-0.39, 0.29) is 11.5 Å². The van der Waals surface area contributed by atoms with E-state index in [2.05, 4.69) is 10.4 Å². The molecule has 1 heterocycles. The van der Waals surface area contributed by atoms with Gasteiger partial charge in [0, 0.05) is 5.39 Å². The number of halogens is 1. The Morgan fingerprint density at radius 3 is 2.48 bits per heavy atom. The van der Waals surface area contributed by atoms with Crippen LogP contribution in [0.3, 0.4) is 0 Å². The molecule has 0 saturated carbocycles. The first kappa shape index (κ1) is 18.6. The van der Waals surface area contributed by atoms with E-state index in [1.807, 2.05) is 18.2 Å². The van der Waals surface area contributed by atoms with Crippen molar-refractivity contribution in [2.45, 2.75) is 32.4 Å². The summed E-state index contributed by atoms with van der Waals surface area (Å²) in [6.45, 7) is 3.75. The van der Waals surface area contributed by atoms with Crippen LogP contribution in [-0.2, 0) is 11.3 Å². The Balaban J connectivity index is 1.98. The minimum atomic E-state index is -1.15. The van der Waals surface area contributed by atoms with Crippen molar-refractivity contribution in [3.63, 3.8) is 0 Å². The van der Waals surface area contributed by atoms with E-state index in [9.17, 15) is 14.0 Å². The first-order valence-electron chi connectivity index (χ1n) is 8.66. The van der Waals surface area contributed by atoms with Crippen molar-refractivity contribution in [2.75, 3.05) is 0 Å². The van der Waals surface area contributed by atoms with E-state index < -0.39 is 17.4 Å². The Kier molecular flexibility index (Phi) is 4.94. The second-order valence-electron chi connectivity index (χ2n) is 6.65. The molecule has 6 nitrogen and oxygen atoms in total. The van der Waals surface area contributed by atoms with E-state index in [0.717, 1.165) is 11.1 Å². The molecule has 0 spiro atoms. The molecule has 0 unspecified atom stereocenters. The molecule has 140 valence electrons. The Bertz CT molecular complexity index is 997. The van der Waals surface area contributed by atoms with Gasteiger partial charge in [0.2, 0.25) is 5.91 Å². The molecule has 0 radical (unpaired) electrons. The molecule has 0 aliphatic heterocycles. The molecular weight excluding hydrogens is 347 g/mol. The Morgan fingerprint density at radius 2 is 1.85 bits per heavy atom. The van der Waals surface area contributed by atoms with Crippen molar-refractivity contribution in [2.24, 2.45) is 5.73 Å². The molecular formula is C20H21FN4O2. The Labute approximate surface area is 156 Å². The molecule has 1 atom stereocenters. The number of carbonyl (C=O) groups is 2. The van der Waals surface area contributed by atoms with Crippen LogP contribution in [0, 0.1) is 5.82 Å². The van der Waals surface area contributed by atoms with Crippen LogP contribution in [0.15, 0.2) is 48.5 Å². The number of rotatable bonds is 6. The molecule has 27 heavy (non-hydrogen) atoms. The number of amides is 2. The van der Waals surface area contributed by atoms with Crippen LogP contribution < -0.4 is 11.1 Å². The fourth-order valence-corrected chi connectivity index (χ4v) is 2.81. The lowest BCUT2D eigenvalue weighted by molar-refractivity contribution is -0.123. The monoisotopic (exact) mass is 368 g/mol. The normalized spacial score (nSPS) is 13.3. The predicted molar refractivity (Wildman–Crippen MR) is 101 cm³/mol. The summed E-state index contributed by atoms with van der Waals surface area (Å²) in [6, 6.07) is 13.4. The molecule has 7 heteroatoms. The van der Waals surface area contributed by atoms with E-state index in [0.29, 0.717) is 18.4 Å². The number of nitrogens with one attached hydrogen (secondary N) is 1. The average molecular weight is 368 g/mol. The van der Waals surface area contributed by atoms with Crippen LogP contribution in [-0.4, -0.2) is 27.1 Å². The van der Waals surface area contributed by atoms with Gasteiger partial charge in [-0.15, -0.1) is 0 Å². The van der Waals surface area contributed by atoms with Gasteiger partial charge in [0.05, 0.1) is 12.1 Å². The molecule has 2 amide bonds. The maximum Gasteiger partial charge on any atom is 0.273 e. The molecule has 0 aliphatic rings. The molecule has 2 aromatic carbocycles. The molecule has 0 aliphatic carbocycles. The highest BCUT2D eigenvalue weighted by atomic mass is 19.1. The number of benzene rings is 2. The summed E-state index contributed by atoms with van der Waals surface area (Å²) in [6.07, 6.45) is 0.363. The van der Waals surface area contributed by atoms with Crippen molar-refractivity contribution in [3.05, 3.63) is 65.6 Å². The summed E-state index contributed by atoms with van der Waals surface area (Å²) in [5.41, 5.74) is 6.11. The van der Waals surface area contributed by atoms with Gasteiger partial charge in [-0.1, -0.05) is 37.3 Å². The summed E-state index contributed by atoms with van der Waals surface area (Å²) in [4.78, 5) is 24.5. The van der Waals surface area contributed by atoms with Crippen LogP contribution in [0.5, 0.6) is 0 Å². The largest absolute Gasteiger partial charge is 0.368 e. The van der Waals surface area contributed by atoms with Gasteiger partial charge < -0.3 is 11.1 Å². The zero-order valence-electron chi connectivity index (χ0n) is 15.2. The number of hydrogen-bond donors (Lipinski definition) is 2. The first-order valence-corrected chi connectivity index (χ1v) is 8.66. The molecule has 0 saturated heterocycles. The molecule has 0 fully saturated rings. The minimum absolute atomic E-state index is 0.216. The number of carbonyl (C=O) groups excluding carboxylic acids is 2. The molecule has 0 bridgehead atoms. The summed E-state index contributed by atoms with van der Waals surface area (Å²) in [7, 11) is 0. The van der Waals surface area contributed by atoms with E-state index in [1.54, 1.807) is 36.7 Å². The van der Waals surface area contributed by atoms with Crippen LogP contribution in [0.4, 0.5) is 4.39 Å². The number of para-hydroxylation sites is 1. The summed E-state index contributed by atoms with van der Waals surface area (Å²) < 4.78 is 14.8. The highest BCUT2D eigenvalue weighted by Crippen LogP contribution is 2.21. The number of nitrogens with zero attached hydrogens (tertiary/aromatic N) is 2. The van der Waals surface area contributed by atoms with Gasteiger partial charge in [-0.25, -0.2) is 4.39 Å². The highest BCUT2D eigenvalue weighted by molar-refractivity contribution is 6.06. The molecule has 3 N–H and O–H groups in total. The van der Waals surface area contributed by atoms with Gasteiger partial charge in [0.25, 0.3) is 5.91 Å². The summed E-state index contributed by atoms with van der Waals surface area (Å²) >= 11 is 0. The average Bonchev–Trinajstić information content (AvgIpc) is 3.02. The number of hydrogen-bond acceptors (Lipinski definition) is 3. The zero-order valence-corrected chi connectivity index (χ0v) is 15.2. The lowest BCUT2D eigenvalue weighted by Gasteiger charge is -2.25. The van der Waals surface area contributed by atoms with Gasteiger partial charge in [-0.05, 0) is 37.1 Å². The maximum atomic E-state index is 13.1. The predicted octanol–water partition coefficient (Wildman–Crippen LogP) is 2.61. The first-order chi connectivity index (χ1) is 12.8. The minimum Gasteiger partial charge on any atom is -0.368 e. The molecule has 3 aromatic rings. The van der Waals surface area contributed by atoms with Crippen molar-refractivity contribution in [3.8, 4) is 0 Å². The Morgan fingerprint density at radius 1 is 1.19 bits per heavy atom. The topological polar surface area (TPSA) is 90.0 Å². The lowest BCUT2D eigenvalue weighted by Crippen LogP contribution is -2.55. The van der Waals surface area contributed by atoms with Gasteiger partial charge in [-0.3, -0.25) is 14.3 Å². The van der Waals surface area contributed by atoms with Crippen LogP contribution in [0.2, 0.25) is 0 Å². The third kappa shape index (κ3) is 3.67. The van der Waals surface area contributed by atoms with Gasteiger partial charge in [0.1, 0.15) is 11.4 Å². The second-order valence-corrected chi connectivity index (χ2v) is 6.65. The quantitative estimate of drug-likeness (QED) is 0.701. The number of primary amides is 1. The SMILES string of the molecule is CC[C@@](C)(NC(=O)c1nn(Cc2ccc(F)cc2)c2ccccc12)C(N)=O. The number of aromatic nitrogens is 2. The van der Waals surface area contributed by atoms with Gasteiger partial charge in [-0.2, -0.15) is 5.10 Å². The van der Waals surface area contributed by atoms with Crippen molar-refractivity contribution in [1.82, 2.24) is 15.1 Å². The third-order valence-corrected chi connectivity index (χ3v) is 4.76. The van der Waals surface area contributed by atoms with Crippen LogP contribution in [0.25, 0.3) is 10.9 Å². The van der Waals surface area contributed by atoms with Gasteiger partial charge in [0.15, 0.2) is 5.69 Å². The Hall–Kier alpha value is -3.22. The zero-order chi connectivity index (χ0) is 19.6. The van der Waals surface area contributed by atoms with E-state index >= 15 is 0 Å². The fourth-order valence-electron chi connectivity index (χ4n) is 2.81. The third-order valence-electron chi connectivity index (χ3n) is 4.76. The van der Waals surface area contributed by atoms with Crippen molar-refractivity contribution in [1.29, 1.82) is 0 Å². The van der Waals surface area contributed by atoms with E-state index in [4.69, 9.17) is 5.73 Å². The number of fused-ring (bicyclic) bond motifs is 1. The smallest absolute Gasteiger partial charge is 0.273 e. The van der Waals surface area contributed by atoms with Crippen molar-refractivity contribution >= 4 is 22.7 Å². The van der Waals surface area contributed by atoms with Crippen molar-refractivity contribution < 1.29 is 14.0 Å². The van der Waals surface area contributed by atoms with E-state index in [1.165, 1.54) is 12.1 Å². The summed E-state index contributed by atoms with van der Waals surface area (Å²) in [5, 5.41) is 7.81. The summed E-state index contributed by atoms with van der Waals surface area (Å²) in [5.74, 6) is -1.38. The molecule has 3 rings (SSSR count). The second kappa shape index (κ2) is 7.19. The lowest BCUT2D eigenvalue weighted by atomic mass is 9.98. The van der Waals surface area contributed by atoms with Crippen LogP contribution >= 0.6 is 0 Å². The van der Waals surface area contributed by atoms with Crippen LogP contribution in [0.1, 0.15) is 36.3 Å². The number of nitrogens with two attached hydrogens (primary N) is 1. The van der Waals surface area contributed by atoms with Gasteiger partial charge >= 0.3 is 0 Å². The maximum absolute atomic E-state index is 13.1. The fraction of sp³-hybridized carbons (Fsp3) is 0.250.